The third kappa shape index (κ3) is 4.21. The zero-order valence-corrected chi connectivity index (χ0v) is 14.4. The molecule has 1 aliphatic rings. The first-order chi connectivity index (χ1) is 12.6. The molecule has 0 aliphatic carbocycles. The van der Waals surface area contributed by atoms with Gasteiger partial charge in [-0.25, -0.2) is 4.39 Å². The summed E-state index contributed by atoms with van der Waals surface area (Å²) in [5.41, 5.74) is -0.685. The van der Waals surface area contributed by atoms with Crippen LogP contribution in [0.1, 0.15) is 12.0 Å². The molecule has 142 valence electrons. The number of rotatable bonds is 3. The van der Waals surface area contributed by atoms with E-state index in [1.807, 2.05) is 0 Å². The minimum atomic E-state index is -4.58. The number of hydrogen-bond acceptors (Lipinski definition) is 2. The molecule has 1 saturated heterocycles. The van der Waals surface area contributed by atoms with Crippen molar-refractivity contribution in [3.8, 4) is 0 Å². The van der Waals surface area contributed by atoms with Gasteiger partial charge in [0.15, 0.2) is 0 Å². The highest BCUT2D eigenvalue weighted by molar-refractivity contribution is 6.33. The van der Waals surface area contributed by atoms with Gasteiger partial charge >= 0.3 is 6.18 Å². The van der Waals surface area contributed by atoms with E-state index in [9.17, 15) is 27.2 Å². The van der Waals surface area contributed by atoms with Crippen LogP contribution >= 0.6 is 11.6 Å². The smallest absolute Gasteiger partial charge is 0.324 e. The van der Waals surface area contributed by atoms with Crippen molar-refractivity contribution in [2.75, 3.05) is 16.8 Å². The number of amides is 2. The molecular weight excluding hydrogens is 388 g/mol. The van der Waals surface area contributed by atoms with E-state index >= 15 is 0 Å². The summed E-state index contributed by atoms with van der Waals surface area (Å²) >= 11 is 5.87. The predicted molar refractivity (Wildman–Crippen MR) is 91.9 cm³/mol. The lowest BCUT2D eigenvalue weighted by Gasteiger charge is -2.17. The summed E-state index contributed by atoms with van der Waals surface area (Å²) in [5.74, 6) is -2.18. The number of benzene rings is 2. The van der Waals surface area contributed by atoms with E-state index in [1.54, 1.807) is 0 Å². The number of carbonyl (C=O) groups excluding carboxylic acids is 2. The van der Waals surface area contributed by atoms with Crippen molar-refractivity contribution in [3.05, 3.63) is 58.9 Å². The molecule has 1 N–H and O–H groups in total. The van der Waals surface area contributed by atoms with E-state index in [2.05, 4.69) is 5.32 Å². The third-order valence-electron chi connectivity index (χ3n) is 4.19. The lowest BCUT2D eigenvalue weighted by Crippen LogP contribution is -2.28. The first-order valence-electron chi connectivity index (χ1n) is 7.88. The topological polar surface area (TPSA) is 49.4 Å². The molecule has 9 heteroatoms. The maximum absolute atomic E-state index is 13.0. The molecule has 0 saturated carbocycles. The van der Waals surface area contributed by atoms with Gasteiger partial charge in [0, 0.05) is 18.7 Å². The predicted octanol–water partition coefficient (Wildman–Crippen LogP) is 4.49. The van der Waals surface area contributed by atoms with Crippen LogP contribution in [0.4, 0.5) is 28.9 Å². The molecule has 1 aliphatic heterocycles. The molecule has 0 radical (unpaired) electrons. The molecule has 1 atom stereocenters. The van der Waals surface area contributed by atoms with Crippen molar-refractivity contribution in [3.63, 3.8) is 0 Å². The molecule has 0 bridgehead atoms. The molecule has 27 heavy (non-hydrogen) atoms. The Bertz CT molecular complexity index is 884. The maximum atomic E-state index is 13.0. The van der Waals surface area contributed by atoms with Crippen LogP contribution in [0, 0.1) is 11.7 Å². The van der Waals surface area contributed by atoms with E-state index < -0.39 is 29.4 Å². The first-order valence-corrected chi connectivity index (χ1v) is 8.26. The van der Waals surface area contributed by atoms with E-state index in [4.69, 9.17) is 11.6 Å². The number of nitrogens with one attached hydrogen (secondary N) is 1. The second-order valence-corrected chi connectivity index (χ2v) is 6.47. The minimum absolute atomic E-state index is 0.0346. The average molecular weight is 401 g/mol. The number of nitrogens with zero attached hydrogens (tertiary/aromatic N) is 1. The lowest BCUT2D eigenvalue weighted by atomic mass is 10.1. The summed E-state index contributed by atoms with van der Waals surface area (Å²) in [7, 11) is 0. The minimum Gasteiger partial charge on any atom is -0.324 e. The van der Waals surface area contributed by atoms with Gasteiger partial charge in [-0.05, 0) is 42.5 Å². The Morgan fingerprint density at radius 3 is 2.44 bits per heavy atom. The summed E-state index contributed by atoms with van der Waals surface area (Å²) in [6, 6.07) is 7.82. The number of carbonyl (C=O) groups is 2. The molecule has 2 aromatic carbocycles. The fourth-order valence-corrected chi connectivity index (χ4v) is 2.95. The van der Waals surface area contributed by atoms with Gasteiger partial charge in [0.2, 0.25) is 11.8 Å². The summed E-state index contributed by atoms with van der Waals surface area (Å²) < 4.78 is 51.5. The Balaban J connectivity index is 1.74. The first kappa shape index (κ1) is 19.2. The molecule has 1 heterocycles. The molecule has 4 nitrogen and oxygen atoms in total. The van der Waals surface area contributed by atoms with Crippen LogP contribution in [0.2, 0.25) is 5.02 Å². The van der Waals surface area contributed by atoms with Crippen LogP contribution in [0.3, 0.4) is 0 Å². The fourth-order valence-electron chi connectivity index (χ4n) is 2.79. The van der Waals surface area contributed by atoms with E-state index in [0.29, 0.717) is 5.69 Å². The number of hydrogen-bond donors (Lipinski definition) is 1. The second-order valence-electron chi connectivity index (χ2n) is 6.06. The summed E-state index contributed by atoms with van der Waals surface area (Å²) in [6.45, 7) is 0.0346. The van der Waals surface area contributed by atoms with Crippen LogP contribution in [-0.2, 0) is 15.8 Å². The van der Waals surface area contributed by atoms with Crippen molar-refractivity contribution in [2.45, 2.75) is 12.6 Å². The van der Waals surface area contributed by atoms with Crippen LogP contribution < -0.4 is 10.2 Å². The maximum Gasteiger partial charge on any atom is 0.416 e. The van der Waals surface area contributed by atoms with Crippen LogP contribution in [0.5, 0.6) is 0 Å². The molecule has 2 aromatic rings. The largest absolute Gasteiger partial charge is 0.416 e. The normalized spacial score (nSPS) is 17.3. The highest BCUT2D eigenvalue weighted by Gasteiger charge is 2.36. The van der Waals surface area contributed by atoms with Crippen LogP contribution in [0.25, 0.3) is 0 Å². The van der Waals surface area contributed by atoms with Crippen LogP contribution in [0.15, 0.2) is 42.5 Å². The Hall–Kier alpha value is -2.61. The highest BCUT2D eigenvalue weighted by Crippen LogP contribution is 2.34. The summed E-state index contributed by atoms with van der Waals surface area (Å²) in [5, 5.41) is 2.31. The third-order valence-corrected chi connectivity index (χ3v) is 4.52. The lowest BCUT2D eigenvalue weighted by molar-refractivity contribution is -0.137. The van der Waals surface area contributed by atoms with Gasteiger partial charge in [-0.15, -0.1) is 0 Å². The standard InChI is InChI=1S/C18H13ClF4N2O2/c19-14-6-1-11(18(21,22)23)8-15(14)24-17(27)10-7-16(26)25(9-10)13-4-2-12(20)3-5-13/h1-6,8,10H,7,9H2,(H,24,27). The average Bonchev–Trinajstić information content (AvgIpc) is 2.98. The Morgan fingerprint density at radius 1 is 1.15 bits per heavy atom. The fraction of sp³-hybridized carbons (Fsp3) is 0.222. The quantitative estimate of drug-likeness (QED) is 0.772. The van der Waals surface area contributed by atoms with E-state index in [0.717, 1.165) is 18.2 Å². The van der Waals surface area contributed by atoms with Gasteiger partial charge in [-0.1, -0.05) is 11.6 Å². The van der Waals surface area contributed by atoms with Crippen molar-refractivity contribution < 1.29 is 27.2 Å². The summed E-state index contributed by atoms with van der Waals surface area (Å²) in [4.78, 5) is 25.9. The van der Waals surface area contributed by atoms with E-state index in [-0.39, 0.29) is 29.6 Å². The van der Waals surface area contributed by atoms with Crippen molar-refractivity contribution >= 4 is 34.8 Å². The van der Waals surface area contributed by atoms with Gasteiger partial charge in [-0.3, -0.25) is 9.59 Å². The Labute approximate surface area is 156 Å². The zero-order chi connectivity index (χ0) is 19.8. The van der Waals surface area contributed by atoms with Gasteiger partial charge in [0.25, 0.3) is 0 Å². The van der Waals surface area contributed by atoms with Gasteiger partial charge < -0.3 is 10.2 Å². The Kier molecular flexibility index (Phi) is 5.10. The zero-order valence-electron chi connectivity index (χ0n) is 13.7. The van der Waals surface area contributed by atoms with Crippen molar-refractivity contribution in [2.24, 2.45) is 5.92 Å². The van der Waals surface area contributed by atoms with Crippen molar-refractivity contribution in [1.82, 2.24) is 0 Å². The molecular formula is C18H13ClF4N2O2. The molecule has 1 fully saturated rings. The second kappa shape index (κ2) is 7.19. The monoisotopic (exact) mass is 400 g/mol. The van der Waals surface area contributed by atoms with Gasteiger partial charge in [0.1, 0.15) is 5.82 Å². The molecule has 2 amide bonds. The highest BCUT2D eigenvalue weighted by atomic mass is 35.5. The Morgan fingerprint density at radius 2 is 1.81 bits per heavy atom. The molecule has 1 unspecified atom stereocenters. The molecule has 0 aromatic heterocycles. The molecule has 3 rings (SSSR count). The van der Waals surface area contributed by atoms with Gasteiger partial charge in [0.05, 0.1) is 22.2 Å². The van der Waals surface area contributed by atoms with Crippen LogP contribution in [-0.4, -0.2) is 18.4 Å². The summed E-state index contributed by atoms with van der Waals surface area (Å²) in [6.07, 6.45) is -4.69. The molecule has 0 spiro atoms. The number of alkyl halides is 3. The van der Waals surface area contributed by atoms with Gasteiger partial charge in [-0.2, -0.15) is 13.2 Å². The number of anilines is 2. The van der Waals surface area contributed by atoms with E-state index in [1.165, 1.54) is 29.2 Å². The number of halogens is 5. The SMILES string of the molecule is O=C(Nc1cc(C(F)(F)F)ccc1Cl)C1CC(=O)N(c2ccc(F)cc2)C1. The van der Waals surface area contributed by atoms with Crippen molar-refractivity contribution in [1.29, 1.82) is 0 Å².